The number of carbonyl (C=O) groups excluding carboxylic acids is 3. The van der Waals surface area contributed by atoms with Crippen molar-refractivity contribution in [3.63, 3.8) is 0 Å². The van der Waals surface area contributed by atoms with E-state index >= 15 is 0 Å². The molecule has 0 aliphatic carbocycles. The third-order valence-electron chi connectivity index (χ3n) is 12.7. The Hall–Kier alpha value is -3.41. The van der Waals surface area contributed by atoms with Crippen molar-refractivity contribution in [1.29, 1.82) is 0 Å². The molecule has 0 aliphatic heterocycles. The molecular weight excluding hydrogens is 865 g/mol. The number of allylic oxidation sites excluding steroid dienone is 14. The Morgan fingerprint density at radius 1 is 0.300 bits per heavy atom. The molecule has 1 atom stereocenters. The van der Waals surface area contributed by atoms with E-state index in [2.05, 4.69) is 81.5 Å². The number of rotatable bonds is 53. The zero-order valence-electron chi connectivity index (χ0n) is 46.0. The van der Waals surface area contributed by atoms with Gasteiger partial charge in [-0.05, 0) is 70.6 Å². The molecule has 0 N–H and O–H groups in total. The highest BCUT2D eigenvalue weighted by Crippen LogP contribution is 2.16. The van der Waals surface area contributed by atoms with Gasteiger partial charge in [-0.3, -0.25) is 14.4 Å². The lowest BCUT2D eigenvalue weighted by Crippen LogP contribution is -2.30. The summed E-state index contributed by atoms with van der Waals surface area (Å²) in [5.74, 6) is -0.910. The average molecular weight is 976 g/mol. The lowest BCUT2D eigenvalue weighted by Gasteiger charge is -2.18. The lowest BCUT2D eigenvalue weighted by atomic mass is 10.0. The Balaban J connectivity index is 4.44. The topological polar surface area (TPSA) is 78.9 Å². The maximum atomic E-state index is 12.9. The number of esters is 3. The summed E-state index contributed by atoms with van der Waals surface area (Å²) in [4.78, 5) is 38.2. The number of carbonyl (C=O) groups is 3. The molecule has 0 aromatic rings. The highest BCUT2D eigenvalue weighted by atomic mass is 16.6. The van der Waals surface area contributed by atoms with Crippen molar-refractivity contribution >= 4 is 17.9 Å². The van der Waals surface area contributed by atoms with Crippen LogP contribution in [0.4, 0.5) is 0 Å². The van der Waals surface area contributed by atoms with Gasteiger partial charge >= 0.3 is 17.9 Å². The number of hydrogen-bond acceptors (Lipinski definition) is 6. The average Bonchev–Trinajstić information content (AvgIpc) is 3.36. The summed E-state index contributed by atoms with van der Waals surface area (Å²) in [7, 11) is 0. The number of ether oxygens (including phenoxy) is 3. The van der Waals surface area contributed by atoms with Gasteiger partial charge in [0.1, 0.15) is 13.2 Å². The van der Waals surface area contributed by atoms with Crippen molar-refractivity contribution in [3.05, 3.63) is 85.1 Å². The van der Waals surface area contributed by atoms with Crippen molar-refractivity contribution in [2.45, 2.75) is 290 Å². The van der Waals surface area contributed by atoms with Crippen LogP contribution in [0.15, 0.2) is 85.1 Å². The first-order valence-corrected chi connectivity index (χ1v) is 29.7. The molecule has 6 heteroatoms. The molecule has 0 aromatic carbocycles. The predicted molar refractivity (Wildman–Crippen MR) is 302 cm³/mol. The van der Waals surface area contributed by atoms with Crippen LogP contribution in [0, 0.1) is 0 Å². The van der Waals surface area contributed by atoms with Crippen molar-refractivity contribution < 1.29 is 28.6 Å². The third kappa shape index (κ3) is 55.5. The molecule has 0 fully saturated rings. The summed E-state index contributed by atoms with van der Waals surface area (Å²) < 4.78 is 16.9. The summed E-state index contributed by atoms with van der Waals surface area (Å²) in [5, 5.41) is 0. The van der Waals surface area contributed by atoms with E-state index in [-0.39, 0.29) is 31.1 Å². The van der Waals surface area contributed by atoms with E-state index in [4.69, 9.17) is 14.2 Å². The number of unbranched alkanes of at least 4 members (excludes halogenated alkanes) is 32. The minimum atomic E-state index is -0.791. The Labute approximate surface area is 433 Å². The monoisotopic (exact) mass is 975 g/mol. The maximum absolute atomic E-state index is 12.9. The fraction of sp³-hybridized carbons (Fsp3) is 0.734. The lowest BCUT2D eigenvalue weighted by molar-refractivity contribution is -0.167. The fourth-order valence-electron chi connectivity index (χ4n) is 8.27. The first-order chi connectivity index (χ1) is 34.5. The molecule has 6 nitrogen and oxygen atoms in total. The van der Waals surface area contributed by atoms with Crippen LogP contribution in [-0.2, 0) is 28.6 Å². The molecule has 70 heavy (non-hydrogen) atoms. The van der Waals surface area contributed by atoms with Gasteiger partial charge in [-0.1, -0.05) is 279 Å². The van der Waals surface area contributed by atoms with Gasteiger partial charge in [-0.25, -0.2) is 0 Å². The van der Waals surface area contributed by atoms with E-state index in [9.17, 15) is 14.4 Å². The molecule has 0 amide bonds. The van der Waals surface area contributed by atoms with Gasteiger partial charge in [0.25, 0.3) is 0 Å². The van der Waals surface area contributed by atoms with Crippen LogP contribution in [0.25, 0.3) is 0 Å². The van der Waals surface area contributed by atoms with Crippen LogP contribution in [0.1, 0.15) is 284 Å². The number of hydrogen-bond donors (Lipinski definition) is 0. The zero-order chi connectivity index (χ0) is 50.7. The molecule has 0 rings (SSSR count). The van der Waals surface area contributed by atoms with Crippen molar-refractivity contribution in [1.82, 2.24) is 0 Å². The molecule has 0 spiro atoms. The van der Waals surface area contributed by atoms with Gasteiger partial charge in [0.2, 0.25) is 0 Å². The largest absolute Gasteiger partial charge is 0.462 e. The van der Waals surface area contributed by atoms with E-state index in [0.29, 0.717) is 19.3 Å². The van der Waals surface area contributed by atoms with Crippen LogP contribution in [0.2, 0.25) is 0 Å². The SMILES string of the molecule is CCC\C=C/C=C\C=C/C=C\C=C/CCCCCCCC(=O)OCC(COC(=O)CCCCCCCCCCCCCCCCCCC)OC(=O)CCCCCCCCC/C=C\C/C=C\CCCCC. The van der Waals surface area contributed by atoms with Gasteiger partial charge in [0.15, 0.2) is 6.10 Å². The van der Waals surface area contributed by atoms with E-state index in [1.807, 2.05) is 24.3 Å². The smallest absolute Gasteiger partial charge is 0.306 e. The Kier molecular flexibility index (Phi) is 55.3. The van der Waals surface area contributed by atoms with Gasteiger partial charge in [-0.2, -0.15) is 0 Å². The van der Waals surface area contributed by atoms with Crippen LogP contribution in [-0.4, -0.2) is 37.2 Å². The third-order valence-corrected chi connectivity index (χ3v) is 12.7. The van der Waals surface area contributed by atoms with E-state index in [1.165, 1.54) is 148 Å². The quantitative estimate of drug-likeness (QED) is 0.0199. The van der Waals surface area contributed by atoms with E-state index in [1.54, 1.807) is 0 Å². The van der Waals surface area contributed by atoms with Crippen molar-refractivity contribution in [2.24, 2.45) is 0 Å². The Morgan fingerprint density at radius 2 is 0.600 bits per heavy atom. The van der Waals surface area contributed by atoms with Crippen LogP contribution in [0.5, 0.6) is 0 Å². The minimum absolute atomic E-state index is 0.0863. The van der Waals surface area contributed by atoms with Gasteiger partial charge in [0.05, 0.1) is 0 Å². The molecule has 0 bridgehead atoms. The molecule has 0 aromatic heterocycles. The zero-order valence-corrected chi connectivity index (χ0v) is 46.0. The van der Waals surface area contributed by atoms with Crippen LogP contribution >= 0.6 is 0 Å². The molecule has 0 saturated carbocycles. The normalized spacial score (nSPS) is 12.7. The highest BCUT2D eigenvalue weighted by Gasteiger charge is 2.19. The van der Waals surface area contributed by atoms with E-state index < -0.39 is 6.10 Å². The summed E-state index contributed by atoms with van der Waals surface area (Å²) in [6, 6.07) is 0. The van der Waals surface area contributed by atoms with E-state index in [0.717, 1.165) is 96.3 Å². The molecule has 1 unspecified atom stereocenters. The van der Waals surface area contributed by atoms with Gasteiger partial charge in [-0.15, -0.1) is 0 Å². The second-order valence-electron chi connectivity index (χ2n) is 19.7. The molecular formula is C64H110O6. The van der Waals surface area contributed by atoms with Gasteiger partial charge in [0, 0.05) is 19.3 Å². The first-order valence-electron chi connectivity index (χ1n) is 29.7. The predicted octanol–water partition coefficient (Wildman–Crippen LogP) is 19.9. The maximum Gasteiger partial charge on any atom is 0.306 e. The Morgan fingerprint density at radius 3 is 1.00 bits per heavy atom. The summed E-state index contributed by atoms with van der Waals surface area (Å²) in [5.41, 5.74) is 0. The first kappa shape index (κ1) is 66.6. The second-order valence-corrected chi connectivity index (χ2v) is 19.7. The Bertz CT molecular complexity index is 1350. The van der Waals surface area contributed by atoms with Crippen LogP contribution < -0.4 is 0 Å². The van der Waals surface area contributed by atoms with Crippen molar-refractivity contribution in [3.8, 4) is 0 Å². The van der Waals surface area contributed by atoms with Crippen LogP contribution in [0.3, 0.4) is 0 Å². The van der Waals surface area contributed by atoms with Crippen molar-refractivity contribution in [2.75, 3.05) is 13.2 Å². The second kappa shape index (κ2) is 58.2. The standard InChI is InChI=1S/C64H110O6/c1-4-7-10-13-16-19-22-25-28-31-34-36-39-42-45-48-51-54-57-63(66)69-60-61(70-64(67)58-55-52-49-46-43-40-37-33-30-27-24-21-18-15-12-9-6-3)59-68-62(65)56-53-50-47-44-41-38-35-32-29-26-23-20-17-14-11-8-5-2/h10,13,16,18-19,21-22,25,27-28,30-31,34,36,61H,4-9,11-12,14-15,17,20,23-24,26,29,32-33,35,37-60H2,1-3H3/b13-10-,19-16-,21-18-,25-22-,30-27-,31-28-,36-34-. The van der Waals surface area contributed by atoms with Gasteiger partial charge < -0.3 is 14.2 Å². The molecule has 0 heterocycles. The molecule has 0 radical (unpaired) electrons. The molecule has 0 saturated heterocycles. The highest BCUT2D eigenvalue weighted by molar-refractivity contribution is 5.71. The molecule has 0 aliphatic rings. The molecule has 402 valence electrons. The summed E-state index contributed by atoms with van der Waals surface area (Å²) in [6.07, 6.45) is 75.6. The minimum Gasteiger partial charge on any atom is -0.462 e. The fourth-order valence-corrected chi connectivity index (χ4v) is 8.27. The summed E-state index contributed by atoms with van der Waals surface area (Å²) >= 11 is 0. The summed E-state index contributed by atoms with van der Waals surface area (Å²) in [6.45, 7) is 6.53.